The van der Waals surface area contributed by atoms with Gasteiger partial charge in [0.15, 0.2) is 5.16 Å². The maximum absolute atomic E-state index is 12.9. The van der Waals surface area contributed by atoms with E-state index in [1.54, 1.807) is 6.07 Å². The summed E-state index contributed by atoms with van der Waals surface area (Å²) in [6.45, 7) is 2.53. The average Bonchev–Trinajstić information content (AvgIpc) is 2.98. The number of carbonyl (C=O) groups excluding carboxylic acids is 1. The molecule has 0 unspecified atom stereocenters. The molecule has 3 rings (SSSR count). The third kappa shape index (κ3) is 4.46. The summed E-state index contributed by atoms with van der Waals surface area (Å²) in [7, 11) is -3.81. The first-order valence-electron chi connectivity index (χ1n) is 7.99. The van der Waals surface area contributed by atoms with Gasteiger partial charge < -0.3 is 9.88 Å². The van der Waals surface area contributed by atoms with Crippen molar-refractivity contribution in [1.82, 2.24) is 9.55 Å². The third-order valence-corrected chi connectivity index (χ3v) is 5.68. The summed E-state index contributed by atoms with van der Waals surface area (Å²) >= 11 is 1.23. The van der Waals surface area contributed by atoms with E-state index in [-0.39, 0.29) is 22.4 Å². The second-order valence-corrected chi connectivity index (χ2v) is 8.18. The van der Waals surface area contributed by atoms with Gasteiger partial charge in [0.1, 0.15) is 5.82 Å². The highest BCUT2D eigenvalue weighted by Gasteiger charge is 2.15. The van der Waals surface area contributed by atoms with Gasteiger partial charge in [-0.15, -0.1) is 0 Å². The number of amides is 1. The number of benzene rings is 2. The second-order valence-electron chi connectivity index (χ2n) is 5.68. The van der Waals surface area contributed by atoms with Crippen LogP contribution in [-0.4, -0.2) is 29.6 Å². The van der Waals surface area contributed by atoms with Crippen LogP contribution in [0.1, 0.15) is 6.92 Å². The normalized spacial score (nSPS) is 11.7. The number of imidazole rings is 1. The zero-order valence-corrected chi connectivity index (χ0v) is 16.0. The molecule has 1 amide bonds. The van der Waals surface area contributed by atoms with Gasteiger partial charge in [-0.1, -0.05) is 11.8 Å². The zero-order chi connectivity index (χ0) is 19.6. The van der Waals surface area contributed by atoms with Gasteiger partial charge in [-0.25, -0.2) is 22.9 Å². The largest absolute Gasteiger partial charge is 0.325 e. The Morgan fingerprint density at radius 1 is 1.26 bits per heavy atom. The highest BCUT2D eigenvalue weighted by molar-refractivity contribution is 7.99. The summed E-state index contributed by atoms with van der Waals surface area (Å²) in [6.07, 6.45) is 0. The molecule has 1 aromatic heterocycles. The molecule has 0 atom stereocenters. The van der Waals surface area contributed by atoms with Crippen LogP contribution in [0.2, 0.25) is 0 Å². The van der Waals surface area contributed by atoms with E-state index >= 15 is 0 Å². The van der Waals surface area contributed by atoms with Crippen LogP contribution in [0, 0.1) is 5.82 Å². The van der Waals surface area contributed by atoms with Crippen LogP contribution in [0.25, 0.3) is 11.0 Å². The molecule has 0 fully saturated rings. The summed E-state index contributed by atoms with van der Waals surface area (Å²) in [5.74, 6) is -0.535. The smallest absolute Gasteiger partial charge is 0.238 e. The molecular weight excluding hydrogens is 391 g/mol. The number of anilines is 1. The van der Waals surface area contributed by atoms with E-state index in [1.807, 2.05) is 11.5 Å². The number of fused-ring (bicyclic) bond motifs is 1. The molecule has 0 bridgehead atoms. The van der Waals surface area contributed by atoms with E-state index in [0.717, 1.165) is 5.52 Å². The van der Waals surface area contributed by atoms with Gasteiger partial charge in [0.2, 0.25) is 15.9 Å². The lowest BCUT2D eigenvalue weighted by Crippen LogP contribution is -2.14. The van der Waals surface area contributed by atoms with Crippen LogP contribution in [0.5, 0.6) is 0 Å². The summed E-state index contributed by atoms with van der Waals surface area (Å²) in [5.41, 5.74) is 1.75. The Hall–Kier alpha value is -2.43. The van der Waals surface area contributed by atoms with Crippen LogP contribution < -0.4 is 10.5 Å². The Labute approximate surface area is 159 Å². The minimum atomic E-state index is -3.81. The molecule has 3 N–H and O–H groups in total. The van der Waals surface area contributed by atoms with E-state index in [4.69, 9.17) is 5.14 Å². The molecular formula is C17H17FN4O3S2. The lowest BCUT2D eigenvalue weighted by molar-refractivity contribution is -0.113. The number of nitrogens with zero attached hydrogens (tertiary/aromatic N) is 2. The second kappa shape index (κ2) is 7.67. The number of hydrogen-bond acceptors (Lipinski definition) is 5. The molecule has 27 heavy (non-hydrogen) atoms. The molecule has 10 heteroatoms. The van der Waals surface area contributed by atoms with Crippen LogP contribution >= 0.6 is 11.8 Å². The van der Waals surface area contributed by atoms with Crippen molar-refractivity contribution in [1.29, 1.82) is 0 Å². The summed E-state index contributed by atoms with van der Waals surface area (Å²) < 4.78 is 37.8. The SMILES string of the molecule is CCn1c(SCC(=O)Nc2ccc(F)cc2)nc2cc(S(N)(=O)=O)ccc21. The van der Waals surface area contributed by atoms with E-state index in [0.29, 0.717) is 22.9 Å². The van der Waals surface area contributed by atoms with Crippen molar-refractivity contribution in [2.75, 3.05) is 11.1 Å². The zero-order valence-electron chi connectivity index (χ0n) is 14.3. The first-order valence-corrected chi connectivity index (χ1v) is 10.5. The number of rotatable bonds is 6. The van der Waals surface area contributed by atoms with Crippen molar-refractivity contribution < 1.29 is 17.6 Å². The van der Waals surface area contributed by atoms with Crippen LogP contribution in [0.4, 0.5) is 10.1 Å². The van der Waals surface area contributed by atoms with E-state index in [1.165, 1.54) is 48.2 Å². The first-order chi connectivity index (χ1) is 12.8. The fourth-order valence-corrected chi connectivity index (χ4v) is 3.95. The fourth-order valence-electron chi connectivity index (χ4n) is 2.54. The standard InChI is InChI=1S/C17H17FN4O3S2/c1-2-22-15-8-7-13(27(19,24)25)9-14(15)21-17(22)26-10-16(23)20-12-5-3-11(18)4-6-12/h3-9H,2,10H2,1H3,(H,20,23)(H2,19,24,25). The summed E-state index contributed by atoms with van der Waals surface area (Å²) in [4.78, 5) is 16.5. The number of sulfonamides is 1. The molecule has 0 aliphatic rings. The monoisotopic (exact) mass is 408 g/mol. The number of halogens is 1. The Kier molecular flexibility index (Phi) is 5.49. The van der Waals surface area contributed by atoms with Gasteiger partial charge in [0.25, 0.3) is 0 Å². The van der Waals surface area contributed by atoms with Gasteiger partial charge in [0, 0.05) is 12.2 Å². The Bertz CT molecular complexity index is 1100. The topological polar surface area (TPSA) is 107 Å². The van der Waals surface area contributed by atoms with E-state index in [9.17, 15) is 17.6 Å². The van der Waals surface area contributed by atoms with E-state index < -0.39 is 10.0 Å². The number of nitrogens with one attached hydrogen (secondary N) is 1. The van der Waals surface area contributed by atoms with Gasteiger partial charge in [0.05, 0.1) is 21.7 Å². The summed E-state index contributed by atoms with van der Waals surface area (Å²) in [6, 6.07) is 9.99. The number of hydrogen-bond donors (Lipinski definition) is 2. The fraction of sp³-hybridized carbons (Fsp3) is 0.176. The van der Waals surface area contributed by atoms with Crippen molar-refractivity contribution in [2.24, 2.45) is 5.14 Å². The highest BCUT2D eigenvalue weighted by Crippen LogP contribution is 2.26. The third-order valence-electron chi connectivity index (χ3n) is 3.79. The molecule has 0 aliphatic carbocycles. The van der Waals surface area contributed by atoms with Gasteiger partial charge >= 0.3 is 0 Å². The van der Waals surface area contributed by atoms with Crippen molar-refractivity contribution in [3.8, 4) is 0 Å². The van der Waals surface area contributed by atoms with Crippen LogP contribution in [0.15, 0.2) is 52.5 Å². The number of primary sulfonamides is 1. The van der Waals surface area contributed by atoms with Gasteiger partial charge in [-0.05, 0) is 49.4 Å². The average molecular weight is 408 g/mol. The van der Waals surface area contributed by atoms with Gasteiger partial charge in [-0.2, -0.15) is 0 Å². The molecule has 3 aromatic rings. The number of nitrogens with two attached hydrogens (primary N) is 1. The first kappa shape index (κ1) is 19.3. The molecule has 2 aromatic carbocycles. The highest BCUT2D eigenvalue weighted by atomic mass is 32.2. The summed E-state index contributed by atoms with van der Waals surface area (Å²) in [5, 5.41) is 8.43. The van der Waals surface area contributed by atoms with Crippen molar-refractivity contribution in [3.05, 3.63) is 48.3 Å². The van der Waals surface area contributed by atoms with Crippen molar-refractivity contribution in [2.45, 2.75) is 23.5 Å². The Morgan fingerprint density at radius 3 is 2.59 bits per heavy atom. The van der Waals surface area contributed by atoms with Crippen LogP contribution in [0.3, 0.4) is 0 Å². The number of thioether (sulfide) groups is 1. The maximum atomic E-state index is 12.9. The van der Waals surface area contributed by atoms with Gasteiger partial charge in [-0.3, -0.25) is 4.79 Å². The maximum Gasteiger partial charge on any atom is 0.238 e. The predicted molar refractivity (Wildman–Crippen MR) is 103 cm³/mol. The number of aromatic nitrogens is 2. The lowest BCUT2D eigenvalue weighted by atomic mass is 10.3. The van der Waals surface area contributed by atoms with Crippen molar-refractivity contribution in [3.63, 3.8) is 0 Å². The van der Waals surface area contributed by atoms with E-state index in [2.05, 4.69) is 10.3 Å². The predicted octanol–water partition coefficient (Wildman–Crippen LogP) is 2.57. The molecule has 0 saturated carbocycles. The number of carbonyl (C=O) groups is 1. The minimum Gasteiger partial charge on any atom is -0.325 e. The lowest BCUT2D eigenvalue weighted by Gasteiger charge is -2.07. The Morgan fingerprint density at radius 2 is 1.96 bits per heavy atom. The quantitative estimate of drug-likeness (QED) is 0.610. The number of aryl methyl sites for hydroxylation is 1. The molecule has 142 valence electrons. The molecule has 0 aliphatic heterocycles. The molecule has 1 heterocycles. The molecule has 7 nitrogen and oxygen atoms in total. The van der Waals surface area contributed by atoms with Crippen molar-refractivity contribution >= 4 is 44.4 Å². The molecule has 0 spiro atoms. The Balaban J connectivity index is 1.77. The minimum absolute atomic E-state index is 0.0126. The van der Waals surface area contributed by atoms with Crippen LogP contribution in [-0.2, 0) is 21.4 Å². The molecule has 0 saturated heterocycles. The molecule has 0 radical (unpaired) electrons.